The third-order valence-corrected chi connectivity index (χ3v) is 4.49. The summed E-state index contributed by atoms with van der Waals surface area (Å²) in [5.41, 5.74) is 2.45. The van der Waals surface area contributed by atoms with Crippen LogP contribution in [-0.2, 0) is 13.1 Å². The smallest absolute Gasteiger partial charge is 0.0597 e. The number of fused-ring (bicyclic) bond motifs is 3. The van der Waals surface area contributed by atoms with Crippen LogP contribution in [0.1, 0.15) is 31.2 Å². The molecule has 4 nitrogen and oxygen atoms in total. The Kier molecular flexibility index (Phi) is 3.39. The van der Waals surface area contributed by atoms with Crippen LogP contribution in [0.15, 0.2) is 6.07 Å². The second-order valence-electron chi connectivity index (χ2n) is 5.72. The maximum atomic E-state index is 4.51. The lowest BCUT2D eigenvalue weighted by atomic mass is 9.84. The lowest BCUT2D eigenvalue weighted by molar-refractivity contribution is 0.0716. The SMILES string of the molecule is CCn1nc(C)cc1CNC1CN2CCC1CC2. The molecule has 1 atom stereocenters. The molecule has 3 fully saturated rings. The van der Waals surface area contributed by atoms with Crippen molar-refractivity contribution in [1.82, 2.24) is 20.0 Å². The molecule has 3 aliphatic rings. The fraction of sp³-hybridized carbons (Fsp3) is 0.786. The van der Waals surface area contributed by atoms with Crippen LogP contribution in [-0.4, -0.2) is 40.4 Å². The summed E-state index contributed by atoms with van der Waals surface area (Å²) in [6.07, 6.45) is 2.76. The van der Waals surface area contributed by atoms with Crippen LogP contribution >= 0.6 is 0 Å². The van der Waals surface area contributed by atoms with Crippen molar-refractivity contribution < 1.29 is 0 Å². The molecular weight excluding hydrogens is 224 g/mol. The molecule has 4 rings (SSSR count). The van der Waals surface area contributed by atoms with Gasteiger partial charge in [-0.25, -0.2) is 0 Å². The molecule has 0 aromatic carbocycles. The van der Waals surface area contributed by atoms with Crippen molar-refractivity contribution in [3.8, 4) is 0 Å². The first-order chi connectivity index (χ1) is 8.76. The van der Waals surface area contributed by atoms with E-state index in [-0.39, 0.29) is 0 Å². The number of rotatable bonds is 4. The number of nitrogens with one attached hydrogen (secondary N) is 1. The normalized spacial score (nSPS) is 30.9. The van der Waals surface area contributed by atoms with Crippen molar-refractivity contribution in [3.63, 3.8) is 0 Å². The van der Waals surface area contributed by atoms with Crippen LogP contribution in [0, 0.1) is 12.8 Å². The van der Waals surface area contributed by atoms with Crippen LogP contribution < -0.4 is 5.32 Å². The molecule has 0 aliphatic carbocycles. The van der Waals surface area contributed by atoms with E-state index < -0.39 is 0 Å². The van der Waals surface area contributed by atoms with Crippen molar-refractivity contribution in [2.75, 3.05) is 19.6 Å². The summed E-state index contributed by atoms with van der Waals surface area (Å²) in [5.74, 6) is 0.897. The van der Waals surface area contributed by atoms with E-state index >= 15 is 0 Å². The monoisotopic (exact) mass is 248 g/mol. The average Bonchev–Trinajstić information content (AvgIpc) is 2.78. The van der Waals surface area contributed by atoms with Gasteiger partial charge in [-0.15, -0.1) is 0 Å². The van der Waals surface area contributed by atoms with E-state index in [9.17, 15) is 0 Å². The quantitative estimate of drug-likeness (QED) is 0.874. The van der Waals surface area contributed by atoms with Gasteiger partial charge in [-0.2, -0.15) is 5.10 Å². The summed E-state index contributed by atoms with van der Waals surface area (Å²) in [7, 11) is 0. The summed E-state index contributed by atoms with van der Waals surface area (Å²) in [6.45, 7) is 10.0. The molecule has 0 saturated carbocycles. The van der Waals surface area contributed by atoms with Gasteiger partial charge in [-0.05, 0) is 51.8 Å². The molecule has 1 unspecified atom stereocenters. The van der Waals surface area contributed by atoms with E-state index in [1.165, 1.54) is 38.2 Å². The van der Waals surface area contributed by atoms with Gasteiger partial charge in [-0.3, -0.25) is 4.68 Å². The van der Waals surface area contributed by atoms with Crippen molar-refractivity contribution >= 4 is 0 Å². The van der Waals surface area contributed by atoms with E-state index in [1.807, 2.05) is 0 Å². The maximum Gasteiger partial charge on any atom is 0.0597 e. The number of hydrogen-bond donors (Lipinski definition) is 1. The summed E-state index contributed by atoms with van der Waals surface area (Å²) in [4.78, 5) is 2.60. The first kappa shape index (κ1) is 12.2. The fourth-order valence-corrected chi connectivity index (χ4v) is 3.45. The Balaban J connectivity index is 1.60. The molecule has 0 spiro atoms. The molecule has 3 aliphatic heterocycles. The van der Waals surface area contributed by atoms with Gasteiger partial charge < -0.3 is 10.2 Å². The lowest BCUT2D eigenvalue weighted by Crippen LogP contribution is -2.55. The summed E-state index contributed by atoms with van der Waals surface area (Å²) in [5, 5.41) is 8.26. The van der Waals surface area contributed by atoms with Crippen molar-refractivity contribution in [2.24, 2.45) is 5.92 Å². The number of piperidine rings is 3. The largest absolute Gasteiger partial charge is 0.307 e. The molecule has 1 aromatic rings. The Morgan fingerprint density at radius 3 is 2.78 bits per heavy atom. The Labute approximate surface area is 109 Å². The highest BCUT2D eigenvalue weighted by Crippen LogP contribution is 2.27. The molecule has 4 heteroatoms. The van der Waals surface area contributed by atoms with Crippen LogP contribution in [0.25, 0.3) is 0 Å². The molecule has 3 saturated heterocycles. The van der Waals surface area contributed by atoms with Crippen molar-refractivity contribution in [3.05, 3.63) is 17.5 Å². The fourth-order valence-electron chi connectivity index (χ4n) is 3.45. The molecule has 0 amide bonds. The zero-order chi connectivity index (χ0) is 12.5. The number of hydrogen-bond acceptors (Lipinski definition) is 3. The van der Waals surface area contributed by atoms with E-state index in [2.05, 4.69) is 39.9 Å². The Morgan fingerprint density at radius 1 is 1.39 bits per heavy atom. The van der Waals surface area contributed by atoms with E-state index in [4.69, 9.17) is 0 Å². The van der Waals surface area contributed by atoms with Crippen LogP contribution in [0.2, 0.25) is 0 Å². The average molecular weight is 248 g/mol. The Bertz CT molecular complexity index is 404. The second kappa shape index (κ2) is 5.02. The Morgan fingerprint density at radius 2 is 2.17 bits per heavy atom. The molecule has 4 heterocycles. The van der Waals surface area contributed by atoms with Crippen molar-refractivity contribution in [1.29, 1.82) is 0 Å². The van der Waals surface area contributed by atoms with E-state index in [0.29, 0.717) is 6.04 Å². The minimum atomic E-state index is 0.688. The van der Waals surface area contributed by atoms with Gasteiger partial charge in [-0.1, -0.05) is 0 Å². The van der Waals surface area contributed by atoms with Gasteiger partial charge in [0.2, 0.25) is 0 Å². The summed E-state index contributed by atoms with van der Waals surface area (Å²) >= 11 is 0. The minimum absolute atomic E-state index is 0.688. The van der Waals surface area contributed by atoms with Crippen molar-refractivity contribution in [2.45, 2.75) is 45.8 Å². The molecule has 18 heavy (non-hydrogen) atoms. The predicted molar refractivity (Wildman–Crippen MR) is 72.4 cm³/mol. The second-order valence-corrected chi connectivity index (χ2v) is 5.72. The highest BCUT2D eigenvalue weighted by molar-refractivity contribution is 5.09. The van der Waals surface area contributed by atoms with Gasteiger partial charge >= 0.3 is 0 Å². The van der Waals surface area contributed by atoms with Gasteiger partial charge in [0.05, 0.1) is 11.4 Å². The highest BCUT2D eigenvalue weighted by Gasteiger charge is 2.33. The summed E-state index contributed by atoms with van der Waals surface area (Å²) in [6, 6.07) is 2.89. The zero-order valence-corrected chi connectivity index (χ0v) is 11.5. The van der Waals surface area contributed by atoms with Gasteiger partial charge in [0.25, 0.3) is 0 Å². The molecule has 1 aromatic heterocycles. The van der Waals surface area contributed by atoms with Crippen LogP contribution in [0.5, 0.6) is 0 Å². The van der Waals surface area contributed by atoms with Gasteiger partial charge in [0.1, 0.15) is 0 Å². The lowest BCUT2D eigenvalue weighted by Gasteiger charge is -2.45. The van der Waals surface area contributed by atoms with E-state index in [1.54, 1.807) is 0 Å². The Hall–Kier alpha value is -0.870. The first-order valence-electron chi connectivity index (χ1n) is 7.25. The number of aromatic nitrogens is 2. The summed E-state index contributed by atoms with van der Waals surface area (Å²) < 4.78 is 2.11. The molecule has 2 bridgehead atoms. The van der Waals surface area contributed by atoms with Gasteiger partial charge in [0.15, 0.2) is 0 Å². The molecule has 100 valence electrons. The van der Waals surface area contributed by atoms with E-state index in [0.717, 1.165) is 24.7 Å². The molecule has 0 radical (unpaired) electrons. The third kappa shape index (κ3) is 2.31. The van der Waals surface area contributed by atoms with Crippen LogP contribution in [0.3, 0.4) is 0 Å². The standard InChI is InChI=1S/C14H24N4/c1-3-18-13(8-11(2)16-18)9-15-14-10-17-6-4-12(14)5-7-17/h8,12,14-15H,3-7,9-10H2,1-2H3. The first-order valence-corrected chi connectivity index (χ1v) is 7.25. The topological polar surface area (TPSA) is 33.1 Å². The maximum absolute atomic E-state index is 4.51. The third-order valence-electron chi connectivity index (χ3n) is 4.49. The number of nitrogens with zero attached hydrogens (tertiary/aromatic N) is 3. The number of aryl methyl sites for hydroxylation is 2. The van der Waals surface area contributed by atoms with Crippen LogP contribution in [0.4, 0.5) is 0 Å². The zero-order valence-electron chi connectivity index (χ0n) is 11.5. The van der Waals surface area contributed by atoms with Gasteiger partial charge in [0, 0.05) is 25.7 Å². The highest BCUT2D eigenvalue weighted by atomic mass is 15.3. The minimum Gasteiger partial charge on any atom is -0.307 e. The molecular formula is C14H24N4. The predicted octanol–water partition coefficient (Wildman–Crippen LogP) is 1.40. The molecule has 1 N–H and O–H groups in total.